The minimum absolute atomic E-state index is 0.225. The maximum atomic E-state index is 13.1. The second kappa shape index (κ2) is 48.4. The van der Waals surface area contributed by atoms with Crippen LogP contribution in [0.15, 0.2) is 109 Å². The Balaban J connectivity index is 1.47. The van der Waals surface area contributed by atoms with E-state index < -0.39 is 86.8 Å². The molecule has 0 aromatic carbocycles. The van der Waals surface area contributed by atoms with Crippen LogP contribution in [0.25, 0.3) is 0 Å². The summed E-state index contributed by atoms with van der Waals surface area (Å²) in [4.78, 5) is 13.1. The summed E-state index contributed by atoms with van der Waals surface area (Å²) in [5, 5.41) is 86.2. The lowest BCUT2D eigenvalue weighted by Gasteiger charge is -2.46. The van der Waals surface area contributed by atoms with E-state index in [1.807, 2.05) is 6.92 Å². The van der Waals surface area contributed by atoms with Crippen LogP contribution < -0.4 is 5.32 Å². The second-order valence-corrected chi connectivity index (χ2v) is 20.7. The SMILES string of the molecule is CC/C=C\C/C=C\C/C=C\C/C=C\C/C=C\C/C=C\C/C=C\C/C=C\C/C=C\CCCCCCCCCCCCCCCC(=O)NC(COC1OC(CO)C(OC2OC(CO)C(O)C(O)C2O)C(O)C1O)C(O)CCCCC. The summed E-state index contributed by atoms with van der Waals surface area (Å²) in [5.41, 5.74) is 0. The molecule has 14 nitrogen and oxygen atoms in total. The number of rotatable bonds is 46. The molecule has 12 atom stereocenters. The normalized spacial score (nSPS) is 25.4. The Morgan fingerprint density at radius 3 is 1.33 bits per heavy atom. The zero-order valence-electron chi connectivity index (χ0n) is 47.9. The Hall–Kier alpha value is -3.35. The molecule has 12 unspecified atom stereocenters. The summed E-state index contributed by atoms with van der Waals surface area (Å²) in [6.45, 7) is 2.54. The Morgan fingerprint density at radius 2 is 0.885 bits per heavy atom. The molecule has 0 saturated carbocycles. The van der Waals surface area contributed by atoms with E-state index in [-0.39, 0.29) is 12.5 Å². The molecule has 2 aliphatic heterocycles. The first-order valence-electron chi connectivity index (χ1n) is 30.1. The van der Waals surface area contributed by atoms with Crippen molar-refractivity contribution in [3.05, 3.63) is 109 Å². The monoisotopic (exact) mass is 1100 g/mol. The summed E-state index contributed by atoms with van der Waals surface area (Å²) >= 11 is 0. The summed E-state index contributed by atoms with van der Waals surface area (Å²) in [6, 6.07) is -0.830. The predicted molar refractivity (Wildman–Crippen MR) is 313 cm³/mol. The molecule has 2 rings (SSSR count). The van der Waals surface area contributed by atoms with Crippen molar-refractivity contribution in [3.8, 4) is 0 Å². The van der Waals surface area contributed by atoms with Crippen LogP contribution in [0.2, 0.25) is 0 Å². The number of ether oxygens (including phenoxy) is 4. The first-order chi connectivity index (χ1) is 38.1. The van der Waals surface area contributed by atoms with Crippen molar-refractivity contribution in [1.29, 1.82) is 0 Å². The molecule has 2 saturated heterocycles. The highest BCUT2D eigenvalue weighted by atomic mass is 16.7. The number of nitrogens with one attached hydrogen (secondary N) is 1. The fourth-order valence-corrected chi connectivity index (χ4v) is 9.17. The van der Waals surface area contributed by atoms with Crippen LogP contribution in [0.3, 0.4) is 0 Å². The highest BCUT2D eigenvalue weighted by molar-refractivity contribution is 5.76. The van der Waals surface area contributed by atoms with Crippen molar-refractivity contribution in [2.45, 2.75) is 267 Å². The molecule has 14 heteroatoms. The molecule has 0 aromatic heterocycles. The molecule has 9 N–H and O–H groups in total. The van der Waals surface area contributed by atoms with E-state index in [1.54, 1.807) is 0 Å². The molecule has 0 bridgehead atoms. The van der Waals surface area contributed by atoms with Gasteiger partial charge in [0.25, 0.3) is 0 Å². The van der Waals surface area contributed by atoms with Gasteiger partial charge in [0.1, 0.15) is 48.8 Å². The third-order valence-corrected chi connectivity index (χ3v) is 14.0. The van der Waals surface area contributed by atoms with Gasteiger partial charge >= 0.3 is 0 Å². The van der Waals surface area contributed by atoms with Crippen LogP contribution in [0.5, 0.6) is 0 Å². The molecular weight excluding hydrogens is 991 g/mol. The Morgan fingerprint density at radius 1 is 0.474 bits per heavy atom. The van der Waals surface area contributed by atoms with Crippen molar-refractivity contribution in [2.24, 2.45) is 0 Å². The summed E-state index contributed by atoms with van der Waals surface area (Å²) < 4.78 is 22.6. The average molecular weight is 1100 g/mol. The summed E-state index contributed by atoms with van der Waals surface area (Å²) in [6.07, 6.45) is 52.4. The largest absolute Gasteiger partial charge is 0.394 e. The first-order valence-corrected chi connectivity index (χ1v) is 30.1. The van der Waals surface area contributed by atoms with Crippen molar-refractivity contribution in [1.82, 2.24) is 5.32 Å². The van der Waals surface area contributed by atoms with Gasteiger partial charge in [0.05, 0.1) is 32.0 Å². The van der Waals surface area contributed by atoms with Gasteiger partial charge in [0.15, 0.2) is 12.6 Å². The van der Waals surface area contributed by atoms with Gasteiger partial charge in [-0.05, 0) is 83.5 Å². The molecule has 2 aliphatic rings. The maximum absolute atomic E-state index is 13.1. The van der Waals surface area contributed by atoms with Crippen molar-refractivity contribution in [2.75, 3.05) is 19.8 Å². The Labute approximate surface area is 470 Å². The van der Waals surface area contributed by atoms with Gasteiger partial charge in [-0.2, -0.15) is 0 Å². The third kappa shape index (κ3) is 33.4. The summed E-state index contributed by atoms with van der Waals surface area (Å²) in [5.74, 6) is -0.225. The topological polar surface area (TPSA) is 228 Å². The molecule has 1 amide bonds. The van der Waals surface area contributed by atoms with E-state index >= 15 is 0 Å². The minimum atomic E-state index is -1.78. The number of aliphatic hydroxyl groups excluding tert-OH is 8. The number of hydrogen-bond acceptors (Lipinski definition) is 13. The molecule has 0 aromatic rings. The van der Waals surface area contributed by atoms with Gasteiger partial charge in [0.2, 0.25) is 5.91 Å². The van der Waals surface area contributed by atoms with E-state index in [1.165, 1.54) is 57.8 Å². The molecule has 446 valence electrons. The lowest BCUT2D eigenvalue weighted by atomic mass is 9.97. The zero-order valence-corrected chi connectivity index (χ0v) is 47.9. The Bertz CT molecular complexity index is 1720. The molecule has 0 radical (unpaired) electrons. The van der Waals surface area contributed by atoms with Crippen molar-refractivity contribution < 1.29 is 64.6 Å². The highest BCUT2D eigenvalue weighted by Crippen LogP contribution is 2.30. The van der Waals surface area contributed by atoms with Crippen LogP contribution >= 0.6 is 0 Å². The second-order valence-electron chi connectivity index (χ2n) is 20.7. The molecular formula is C64H107NO13. The first kappa shape index (κ1) is 70.8. The third-order valence-electron chi connectivity index (χ3n) is 14.0. The number of carbonyl (C=O) groups is 1. The van der Waals surface area contributed by atoms with E-state index in [2.05, 4.69) is 122 Å². The molecule has 2 heterocycles. The summed E-state index contributed by atoms with van der Waals surface area (Å²) in [7, 11) is 0. The maximum Gasteiger partial charge on any atom is 0.220 e. The van der Waals surface area contributed by atoms with Gasteiger partial charge in [0, 0.05) is 6.42 Å². The smallest absolute Gasteiger partial charge is 0.220 e. The lowest BCUT2D eigenvalue weighted by molar-refractivity contribution is -0.359. The number of carbonyl (C=O) groups excluding carboxylic acids is 1. The highest BCUT2D eigenvalue weighted by Gasteiger charge is 2.51. The number of unbranched alkanes of at least 4 members (excludes halogenated alkanes) is 15. The van der Waals surface area contributed by atoms with Crippen molar-refractivity contribution >= 4 is 5.91 Å². The van der Waals surface area contributed by atoms with Gasteiger partial charge in [-0.1, -0.05) is 213 Å². The zero-order chi connectivity index (χ0) is 56.7. The van der Waals surface area contributed by atoms with Crippen LogP contribution in [0, 0.1) is 0 Å². The van der Waals surface area contributed by atoms with Gasteiger partial charge in [-0.15, -0.1) is 0 Å². The average Bonchev–Trinajstić information content (AvgIpc) is 3.44. The lowest BCUT2D eigenvalue weighted by Crippen LogP contribution is -2.65. The number of allylic oxidation sites excluding steroid dienone is 18. The number of hydrogen-bond donors (Lipinski definition) is 9. The molecule has 0 aliphatic carbocycles. The quantitative estimate of drug-likeness (QED) is 0.0204. The van der Waals surface area contributed by atoms with Crippen LogP contribution in [-0.2, 0) is 23.7 Å². The van der Waals surface area contributed by atoms with Crippen LogP contribution in [0.4, 0.5) is 0 Å². The minimum Gasteiger partial charge on any atom is -0.394 e. The fraction of sp³-hybridized carbons (Fsp3) is 0.703. The predicted octanol–water partition coefficient (Wildman–Crippen LogP) is 10.4. The van der Waals surface area contributed by atoms with Gasteiger partial charge in [-0.25, -0.2) is 0 Å². The van der Waals surface area contributed by atoms with E-state index in [0.29, 0.717) is 19.3 Å². The van der Waals surface area contributed by atoms with Crippen LogP contribution in [0.1, 0.15) is 194 Å². The Kier molecular flexibility index (Phi) is 43.9. The number of amides is 1. The van der Waals surface area contributed by atoms with Gasteiger partial charge < -0.3 is 65.1 Å². The van der Waals surface area contributed by atoms with Crippen molar-refractivity contribution in [3.63, 3.8) is 0 Å². The van der Waals surface area contributed by atoms with E-state index in [9.17, 15) is 45.6 Å². The van der Waals surface area contributed by atoms with Crippen LogP contribution in [-0.4, -0.2) is 140 Å². The van der Waals surface area contributed by atoms with Gasteiger partial charge in [-0.3, -0.25) is 4.79 Å². The fourth-order valence-electron chi connectivity index (χ4n) is 9.17. The molecule has 78 heavy (non-hydrogen) atoms. The standard InChI is InChI=1S/C64H107NO13/c1-3-5-7-8-9-10-11-12-13-14-15-16-17-18-19-20-21-22-23-24-25-26-27-28-29-30-31-32-33-34-35-36-37-38-39-40-41-42-43-44-46-48-56(69)65-52(53(68)47-45-6-4-2)51-75-63-61(74)59(72)62(55(50-67)77-63)78-64-60(73)58(71)57(70)54(49-66)76-64/h5,7,9-10,12-13,15-16,18-19,21-22,24-25,27-28,30-31,52-55,57-64,66-68,70-74H,3-4,6,8,11,14,17,20,23,26,29,32-51H2,1-2H3,(H,65,69)/b7-5-,10-9-,13-12-,16-15-,19-18-,22-21-,25-24-,28-27-,31-30-. The molecule has 2 fully saturated rings. The molecule has 0 spiro atoms. The van der Waals surface area contributed by atoms with E-state index in [0.717, 1.165) is 103 Å². The number of aliphatic hydroxyl groups is 8. The van der Waals surface area contributed by atoms with E-state index in [4.69, 9.17) is 18.9 Å².